The number of nitrogens with zero attached hydrogens (tertiary/aromatic N) is 3. The number of fused-ring (bicyclic) bond motifs is 2. The second kappa shape index (κ2) is 20.2. The number of aromatic nitrogens is 2. The van der Waals surface area contributed by atoms with Crippen LogP contribution in [0.15, 0.2) is 125 Å². The summed E-state index contributed by atoms with van der Waals surface area (Å²) in [6, 6.07) is 31.2. The summed E-state index contributed by atoms with van der Waals surface area (Å²) in [6.45, 7) is 4.35. The molecule has 0 saturated heterocycles. The van der Waals surface area contributed by atoms with E-state index in [1.54, 1.807) is 49.0 Å². The fourth-order valence-electron chi connectivity index (χ4n) is 6.83. The molecule has 13 nitrogen and oxygen atoms in total. The van der Waals surface area contributed by atoms with E-state index in [0.29, 0.717) is 40.7 Å². The van der Waals surface area contributed by atoms with Gasteiger partial charge in [0.2, 0.25) is 0 Å². The number of carbonyl (C=O) groups is 4. The molecule has 5 aromatic carbocycles. The molecule has 334 valence electrons. The summed E-state index contributed by atoms with van der Waals surface area (Å²) in [6.07, 6.45) is -3.26. The molecule has 2 heterocycles. The maximum Gasteiger partial charge on any atom is 0.416 e. The fourth-order valence-corrected chi connectivity index (χ4v) is 7.77. The molecule has 17 heteroatoms. The number of hydrogen-bond acceptors (Lipinski definition) is 10. The van der Waals surface area contributed by atoms with Crippen LogP contribution in [0.1, 0.15) is 57.3 Å². The number of aromatic hydroxyl groups is 2. The number of carbonyl (C=O) groups excluding carboxylic acids is 2. The standard InChI is InChI=1S/C28H26N2O4S.C20H15F3N2O5/c1-3-18-15-21(35-20-13-9-6-10-14-20)16-22-23(4-2)29-26(27(33)25(18)22)28(34)30(17-24(31)32)19-11-7-5-8-12-19;1-10-15-8-13(30-12-4-2-11(3-5-12)20(21,22)23)6-7-14(15)18(28)17(25-10)19(29)24-9-16(26)27/h5-16,33H,3-4,17H2,1-2H3,(H,31,32);2-8,28H,9H2,1H3,(H,24,29)(H,26,27). The zero-order valence-corrected chi connectivity index (χ0v) is 35.8. The van der Waals surface area contributed by atoms with Gasteiger partial charge in [-0.15, -0.1) is 0 Å². The number of aliphatic carboxylic acids is 2. The molecule has 7 aromatic rings. The van der Waals surface area contributed by atoms with E-state index in [0.717, 1.165) is 37.8 Å². The average molecular weight is 907 g/mol. The van der Waals surface area contributed by atoms with Crippen molar-refractivity contribution in [2.24, 2.45) is 0 Å². The first-order chi connectivity index (χ1) is 31.0. The van der Waals surface area contributed by atoms with E-state index in [9.17, 15) is 47.7 Å². The molecule has 2 aromatic heterocycles. The molecule has 65 heavy (non-hydrogen) atoms. The molecular formula is C48H41F3N4O9S. The Morgan fingerprint density at radius 1 is 0.708 bits per heavy atom. The third-order valence-electron chi connectivity index (χ3n) is 9.89. The maximum atomic E-state index is 13.6. The predicted molar refractivity (Wildman–Crippen MR) is 238 cm³/mol. The molecule has 0 saturated carbocycles. The maximum absolute atomic E-state index is 13.6. The highest BCUT2D eigenvalue weighted by Gasteiger charge is 2.30. The highest BCUT2D eigenvalue weighted by Crippen LogP contribution is 2.40. The monoisotopic (exact) mass is 906 g/mol. The number of para-hydroxylation sites is 1. The lowest BCUT2D eigenvalue weighted by Crippen LogP contribution is -2.36. The molecule has 2 amide bonds. The van der Waals surface area contributed by atoms with Crippen molar-refractivity contribution in [1.82, 2.24) is 15.3 Å². The van der Waals surface area contributed by atoms with Gasteiger partial charge in [0, 0.05) is 48.4 Å². The fraction of sp³-hybridized carbons (Fsp3) is 0.167. The van der Waals surface area contributed by atoms with Gasteiger partial charge in [-0.25, -0.2) is 9.97 Å². The van der Waals surface area contributed by atoms with Crippen molar-refractivity contribution in [2.45, 2.75) is 49.6 Å². The van der Waals surface area contributed by atoms with Gasteiger partial charge in [0.1, 0.15) is 24.6 Å². The third-order valence-corrected chi connectivity index (χ3v) is 10.9. The lowest BCUT2D eigenvalue weighted by molar-refractivity contribution is -0.138. The highest BCUT2D eigenvalue weighted by atomic mass is 32.2. The minimum absolute atomic E-state index is 0.141. The Hall–Kier alpha value is -7.66. The van der Waals surface area contributed by atoms with E-state index in [-0.39, 0.29) is 34.0 Å². The number of rotatable bonds is 13. The largest absolute Gasteiger partial charge is 0.505 e. The number of alkyl halides is 3. The predicted octanol–water partition coefficient (Wildman–Crippen LogP) is 9.82. The van der Waals surface area contributed by atoms with Gasteiger partial charge in [-0.2, -0.15) is 13.2 Å². The van der Waals surface area contributed by atoms with Crippen LogP contribution in [0.5, 0.6) is 23.0 Å². The summed E-state index contributed by atoms with van der Waals surface area (Å²) in [7, 11) is 0. The molecule has 0 atom stereocenters. The van der Waals surface area contributed by atoms with Gasteiger partial charge < -0.3 is 30.5 Å². The van der Waals surface area contributed by atoms with Crippen molar-refractivity contribution in [2.75, 3.05) is 18.0 Å². The summed E-state index contributed by atoms with van der Waals surface area (Å²) in [5, 5.41) is 44.0. The summed E-state index contributed by atoms with van der Waals surface area (Å²) in [5.41, 5.74) is 1.09. The van der Waals surface area contributed by atoms with E-state index < -0.39 is 54.3 Å². The van der Waals surface area contributed by atoms with Crippen LogP contribution in [0.3, 0.4) is 0 Å². The Balaban J connectivity index is 0.000000218. The number of ether oxygens (including phenoxy) is 1. The van der Waals surface area contributed by atoms with Crippen LogP contribution >= 0.6 is 11.8 Å². The topological polar surface area (TPSA) is 199 Å². The van der Waals surface area contributed by atoms with Gasteiger partial charge >= 0.3 is 18.1 Å². The van der Waals surface area contributed by atoms with Crippen LogP contribution in [0, 0.1) is 6.92 Å². The molecule has 0 bridgehead atoms. The van der Waals surface area contributed by atoms with Crippen LogP contribution in [0.4, 0.5) is 18.9 Å². The molecule has 0 radical (unpaired) electrons. The molecule has 0 spiro atoms. The number of benzene rings is 5. The molecule has 0 fully saturated rings. The van der Waals surface area contributed by atoms with Crippen LogP contribution in [-0.4, -0.2) is 67.2 Å². The molecule has 5 N–H and O–H groups in total. The summed E-state index contributed by atoms with van der Waals surface area (Å²) >= 11 is 1.63. The molecular weight excluding hydrogens is 866 g/mol. The number of pyridine rings is 2. The smallest absolute Gasteiger partial charge is 0.416 e. The molecule has 0 unspecified atom stereocenters. The molecule has 0 aliphatic heterocycles. The van der Waals surface area contributed by atoms with Crippen LogP contribution in [0.2, 0.25) is 0 Å². The normalized spacial score (nSPS) is 11.1. The number of hydrogen-bond donors (Lipinski definition) is 5. The second-order valence-corrected chi connectivity index (χ2v) is 15.5. The van der Waals surface area contributed by atoms with Crippen molar-refractivity contribution < 1.29 is 57.5 Å². The minimum Gasteiger partial charge on any atom is -0.505 e. The number of amides is 2. The van der Waals surface area contributed by atoms with Crippen molar-refractivity contribution in [3.05, 3.63) is 149 Å². The lowest BCUT2D eigenvalue weighted by atomic mass is 9.98. The SMILES string of the molecule is CCc1nc(C(=O)N(CC(=O)O)c2ccccc2)c(O)c2c(CC)cc(Sc3ccccc3)cc12.Cc1nc(C(=O)NCC(=O)O)c(O)c2ccc(Oc3ccc(C(F)(F)F)cc3)cc12. The average Bonchev–Trinajstić information content (AvgIpc) is 3.29. The van der Waals surface area contributed by atoms with Crippen LogP contribution in [0.25, 0.3) is 21.5 Å². The number of carboxylic acids is 2. The summed E-state index contributed by atoms with van der Waals surface area (Å²) in [4.78, 5) is 59.6. The van der Waals surface area contributed by atoms with Gasteiger partial charge in [-0.05, 0) is 104 Å². The van der Waals surface area contributed by atoms with Gasteiger partial charge in [0.05, 0.1) is 5.56 Å². The Morgan fingerprint density at radius 3 is 1.95 bits per heavy atom. The first kappa shape index (κ1) is 46.8. The van der Waals surface area contributed by atoms with Crippen molar-refractivity contribution in [3.63, 3.8) is 0 Å². The van der Waals surface area contributed by atoms with E-state index >= 15 is 0 Å². The highest BCUT2D eigenvalue weighted by molar-refractivity contribution is 7.99. The van der Waals surface area contributed by atoms with E-state index in [1.165, 1.54) is 30.3 Å². The van der Waals surface area contributed by atoms with E-state index in [1.807, 2.05) is 56.3 Å². The molecule has 0 aliphatic carbocycles. The molecule has 7 rings (SSSR count). The Kier molecular flexibility index (Phi) is 14.6. The van der Waals surface area contributed by atoms with Crippen molar-refractivity contribution in [3.8, 4) is 23.0 Å². The number of aryl methyl sites for hydroxylation is 3. The van der Waals surface area contributed by atoms with E-state index in [2.05, 4.69) is 15.3 Å². The van der Waals surface area contributed by atoms with Gasteiger partial charge in [0.25, 0.3) is 11.8 Å². The minimum atomic E-state index is -4.45. The number of carboxylic acid groups (broad SMARTS) is 2. The number of halogens is 3. The zero-order chi connectivity index (χ0) is 47.0. The van der Waals surface area contributed by atoms with Crippen LogP contribution < -0.4 is 15.0 Å². The molecule has 0 aliphatic rings. The van der Waals surface area contributed by atoms with Crippen molar-refractivity contribution in [1.29, 1.82) is 0 Å². The number of anilines is 1. The Labute approximate surface area is 374 Å². The quantitative estimate of drug-likeness (QED) is 0.0735. The summed E-state index contributed by atoms with van der Waals surface area (Å²) in [5.74, 6) is -4.08. The Morgan fingerprint density at radius 2 is 1.35 bits per heavy atom. The van der Waals surface area contributed by atoms with Crippen molar-refractivity contribution >= 4 is 62.7 Å². The Bertz CT molecular complexity index is 2900. The summed E-state index contributed by atoms with van der Waals surface area (Å²) < 4.78 is 43.5. The van der Waals surface area contributed by atoms with Crippen LogP contribution in [-0.2, 0) is 28.6 Å². The third kappa shape index (κ3) is 11.1. The number of nitrogens with one attached hydrogen (secondary N) is 1. The lowest BCUT2D eigenvalue weighted by Gasteiger charge is -2.22. The second-order valence-electron chi connectivity index (χ2n) is 14.3. The first-order valence-corrected chi connectivity index (χ1v) is 20.8. The first-order valence-electron chi connectivity index (χ1n) is 20.0. The van der Waals surface area contributed by atoms with Gasteiger partial charge in [-0.3, -0.25) is 24.1 Å². The zero-order valence-electron chi connectivity index (χ0n) is 35.0. The van der Waals surface area contributed by atoms with Gasteiger partial charge in [0.15, 0.2) is 22.9 Å². The van der Waals surface area contributed by atoms with E-state index in [4.69, 9.17) is 9.84 Å². The van der Waals surface area contributed by atoms with Gasteiger partial charge in [-0.1, -0.05) is 62.0 Å².